The van der Waals surface area contributed by atoms with E-state index in [1.54, 1.807) is 0 Å². The summed E-state index contributed by atoms with van der Waals surface area (Å²) in [5.74, 6) is 0.470. The van der Waals surface area contributed by atoms with Crippen molar-refractivity contribution in [1.82, 2.24) is 0 Å². The molecule has 0 spiro atoms. The van der Waals surface area contributed by atoms with Gasteiger partial charge in [0.05, 0.1) is 5.56 Å². The molecule has 0 radical (unpaired) electrons. The van der Waals surface area contributed by atoms with Gasteiger partial charge in [0.2, 0.25) is 0 Å². The molecule has 0 nitrogen and oxygen atoms in total. The maximum absolute atomic E-state index is 13.8. The van der Waals surface area contributed by atoms with Crippen LogP contribution in [-0.2, 0) is 0 Å². The molecule has 1 fully saturated rings. The fourth-order valence-electron chi connectivity index (χ4n) is 3.60. The quantitative estimate of drug-likeness (QED) is 0.622. The van der Waals surface area contributed by atoms with E-state index < -0.39 is 11.6 Å². The summed E-state index contributed by atoms with van der Waals surface area (Å²) in [6.45, 7) is 2.27. The molecule has 0 N–H and O–H groups in total. The van der Waals surface area contributed by atoms with Gasteiger partial charge in [0.25, 0.3) is 0 Å². The van der Waals surface area contributed by atoms with Crippen LogP contribution < -0.4 is 0 Å². The molecule has 0 heterocycles. The molecule has 1 aliphatic carbocycles. The molecule has 3 rings (SSSR count). The van der Waals surface area contributed by atoms with Crippen LogP contribution in [0.25, 0.3) is 11.1 Å². The van der Waals surface area contributed by atoms with E-state index in [1.807, 2.05) is 24.3 Å². The van der Waals surface area contributed by atoms with Gasteiger partial charge in [-0.3, -0.25) is 0 Å². The summed E-state index contributed by atoms with van der Waals surface area (Å²) in [6.07, 6.45) is 6.33. The molecule has 2 heteroatoms. The van der Waals surface area contributed by atoms with Crippen molar-refractivity contribution in [2.45, 2.75) is 44.9 Å². The van der Waals surface area contributed by atoms with Gasteiger partial charge in [-0.25, -0.2) is 8.78 Å². The summed E-state index contributed by atoms with van der Waals surface area (Å²) in [6, 6.07) is 11.8. The minimum Gasteiger partial charge on any atom is -0.206 e. The van der Waals surface area contributed by atoms with Crippen LogP contribution in [0.2, 0.25) is 0 Å². The average molecular weight is 300 g/mol. The Labute approximate surface area is 131 Å². The Morgan fingerprint density at radius 2 is 1.45 bits per heavy atom. The average Bonchev–Trinajstić information content (AvgIpc) is 2.55. The molecule has 1 saturated carbocycles. The predicted octanol–water partition coefficient (Wildman–Crippen LogP) is 6.32. The van der Waals surface area contributed by atoms with Crippen LogP contribution in [0, 0.1) is 17.6 Å². The van der Waals surface area contributed by atoms with Gasteiger partial charge in [0.1, 0.15) is 11.6 Å². The number of rotatable bonds is 3. The van der Waals surface area contributed by atoms with Gasteiger partial charge in [-0.15, -0.1) is 0 Å². The lowest BCUT2D eigenvalue weighted by Crippen LogP contribution is -2.12. The van der Waals surface area contributed by atoms with E-state index in [-0.39, 0.29) is 5.56 Å². The Morgan fingerprint density at radius 3 is 2.00 bits per heavy atom. The van der Waals surface area contributed by atoms with E-state index in [4.69, 9.17) is 0 Å². The van der Waals surface area contributed by atoms with Gasteiger partial charge < -0.3 is 0 Å². The van der Waals surface area contributed by atoms with Gasteiger partial charge in [-0.2, -0.15) is 0 Å². The van der Waals surface area contributed by atoms with E-state index in [0.29, 0.717) is 11.5 Å². The van der Waals surface area contributed by atoms with Crippen molar-refractivity contribution < 1.29 is 8.78 Å². The summed E-state index contributed by atoms with van der Waals surface area (Å²) in [7, 11) is 0. The van der Waals surface area contributed by atoms with E-state index >= 15 is 0 Å². The highest BCUT2D eigenvalue weighted by Crippen LogP contribution is 2.37. The number of hydrogen-bond donors (Lipinski definition) is 0. The summed E-state index contributed by atoms with van der Waals surface area (Å²) < 4.78 is 27.7. The minimum absolute atomic E-state index is 0.0729. The maximum Gasteiger partial charge on any atom is 0.133 e. The lowest BCUT2D eigenvalue weighted by atomic mass is 9.77. The monoisotopic (exact) mass is 300 g/mol. The summed E-state index contributed by atoms with van der Waals surface area (Å²) in [4.78, 5) is 0. The van der Waals surface area contributed by atoms with Crippen LogP contribution in [0.3, 0.4) is 0 Å². The fraction of sp³-hybridized carbons (Fsp3) is 0.400. The summed E-state index contributed by atoms with van der Waals surface area (Å²) in [5.41, 5.74) is 1.99. The zero-order valence-corrected chi connectivity index (χ0v) is 13.0. The van der Waals surface area contributed by atoms with E-state index in [2.05, 4.69) is 6.92 Å². The van der Waals surface area contributed by atoms with Crippen LogP contribution in [0.1, 0.15) is 50.5 Å². The van der Waals surface area contributed by atoms with Crippen molar-refractivity contribution in [3.63, 3.8) is 0 Å². The zero-order chi connectivity index (χ0) is 15.5. The van der Waals surface area contributed by atoms with Gasteiger partial charge in [-0.1, -0.05) is 43.7 Å². The number of halogens is 2. The third-order valence-corrected chi connectivity index (χ3v) is 5.06. The highest BCUT2D eigenvalue weighted by atomic mass is 19.1. The first-order valence-corrected chi connectivity index (χ1v) is 8.23. The molecule has 2 aromatic rings. The molecule has 0 saturated heterocycles. The van der Waals surface area contributed by atoms with Gasteiger partial charge in [0, 0.05) is 0 Å². The van der Waals surface area contributed by atoms with E-state index in [9.17, 15) is 8.78 Å². The third-order valence-electron chi connectivity index (χ3n) is 5.06. The van der Waals surface area contributed by atoms with Gasteiger partial charge in [0.15, 0.2) is 0 Å². The Kier molecular flexibility index (Phi) is 4.56. The molecule has 0 atom stereocenters. The van der Waals surface area contributed by atoms with Gasteiger partial charge >= 0.3 is 0 Å². The number of hydrogen-bond acceptors (Lipinski definition) is 0. The van der Waals surface area contributed by atoms with E-state index in [0.717, 1.165) is 5.92 Å². The first-order chi connectivity index (χ1) is 10.7. The van der Waals surface area contributed by atoms with Crippen molar-refractivity contribution in [3.05, 3.63) is 59.7 Å². The second-order valence-electron chi connectivity index (χ2n) is 6.34. The van der Waals surface area contributed by atoms with Crippen molar-refractivity contribution in [1.29, 1.82) is 0 Å². The van der Waals surface area contributed by atoms with Crippen LogP contribution in [-0.4, -0.2) is 0 Å². The zero-order valence-electron chi connectivity index (χ0n) is 13.0. The lowest BCUT2D eigenvalue weighted by molar-refractivity contribution is 0.319. The Balaban J connectivity index is 1.79. The molecular formula is C20H22F2. The molecule has 116 valence electrons. The lowest BCUT2D eigenvalue weighted by Gasteiger charge is -2.28. The fourth-order valence-corrected chi connectivity index (χ4v) is 3.60. The first-order valence-electron chi connectivity index (χ1n) is 8.23. The Hall–Kier alpha value is -1.70. The molecule has 2 aromatic carbocycles. The standard InChI is InChI=1S/C20H22F2/c1-2-14-6-8-15(9-7-14)16-10-12-17(13-11-16)20-18(21)4-3-5-19(20)22/h3-5,10-15H,2,6-9H2,1H3. The first kappa shape index (κ1) is 15.2. The van der Waals surface area contributed by atoms with Crippen molar-refractivity contribution in [3.8, 4) is 11.1 Å². The van der Waals surface area contributed by atoms with Crippen LogP contribution >= 0.6 is 0 Å². The Morgan fingerprint density at radius 1 is 0.864 bits per heavy atom. The van der Waals surface area contributed by atoms with E-state index in [1.165, 1.54) is 55.9 Å². The summed E-state index contributed by atoms with van der Waals surface area (Å²) >= 11 is 0. The largest absolute Gasteiger partial charge is 0.206 e. The van der Waals surface area contributed by atoms with Crippen LogP contribution in [0.5, 0.6) is 0 Å². The highest BCUT2D eigenvalue weighted by molar-refractivity contribution is 5.65. The second kappa shape index (κ2) is 6.60. The molecule has 0 bridgehead atoms. The second-order valence-corrected chi connectivity index (χ2v) is 6.34. The molecule has 0 aliphatic heterocycles. The highest BCUT2D eigenvalue weighted by Gasteiger charge is 2.21. The Bertz CT molecular complexity index is 602. The smallest absolute Gasteiger partial charge is 0.133 e. The molecule has 22 heavy (non-hydrogen) atoms. The maximum atomic E-state index is 13.8. The third kappa shape index (κ3) is 3.06. The molecule has 0 amide bonds. The van der Waals surface area contributed by atoms with Crippen LogP contribution in [0.4, 0.5) is 8.78 Å². The summed E-state index contributed by atoms with van der Waals surface area (Å²) in [5, 5.41) is 0. The molecule has 0 aromatic heterocycles. The normalized spacial score (nSPS) is 21.8. The molecule has 1 aliphatic rings. The molecular weight excluding hydrogens is 278 g/mol. The predicted molar refractivity (Wildman–Crippen MR) is 86.8 cm³/mol. The molecule has 0 unspecified atom stereocenters. The van der Waals surface area contributed by atoms with Gasteiger partial charge in [-0.05, 0) is 60.8 Å². The van der Waals surface area contributed by atoms with Crippen molar-refractivity contribution in [2.75, 3.05) is 0 Å². The minimum atomic E-state index is -0.504. The van der Waals surface area contributed by atoms with Crippen molar-refractivity contribution in [2.24, 2.45) is 5.92 Å². The van der Waals surface area contributed by atoms with Crippen LogP contribution in [0.15, 0.2) is 42.5 Å². The SMILES string of the molecule is CCC1CCC(c2ccc(-c3c(F)cccc3F)cc2)CC1. The van der Waals surface area contributed by atoms with Crippen molar-refractivity contribution >= 4 is 0 Å². The topological polar surface area (TPSA) is 0 Å². The number of benzene rings is 2.